The van der Waals surface area contributed by atoms with E-state index in [0.29, 0.717) is 13.1 Å². The average molecular weight is 395 g/mol. The lowest BCUT2D eigenvalue weighted by molar-refractivity contribution is -0.145. The highest BCUT2D eigenvalue weighted by atomic mass is 16.6. The van der Waals surface area contributed by atoms with Crippen LogP contribution >= 0.6 is 0 Å². The molecule has 0 saturated carbocycles. The molecule has 6 heteroatoms. The van der Waals surface area contributed by atoms with E-state index in [1.807, 2.05) is 38.1 Å². The average Bonchev–Trinajstić information content (AvgIpc) is 3.18. The normalized spacial score (nSPS) is 19.7. The van der Waals surface area contributed by atoms with Gasteiger partial charge in [-0.3, -0.25) is 0 Å². The molecule has 1 heterocycles. The molecule has 2 aromatic rings. The van der Waals surface area contributed by atoms with Crippen LogP contribution in [0.4, 0.5) is 4.79 Å². The number of amides is 1. The number of carboxylic acids is 1. The lowest BCUT2D eigenvalue weighted by atomic mass is 9.90. The van der Waals surface area contributed by atoms with Crippen LogP contribution in [0, 0.1) is 5.41 Å². The number of carbonyl (C=O) groups excluding carboxylic acids is 1. The van der Waals surface area contributed by atoms with E-state index in [2.05, 4.69) is 24.3 Å². The van der Waals surface area contributed by atoms with Crippen LogP contribution in [0.1, 0.15) is 30.9 Å². The third-order valence-corrected chi connectivity index (χ3v) is 5.86. The summed E-state index contributed by atoms with van der Waals surface area (Å²) in [5, 5.41) is 8.85. The number of rotatable bonds is 5. The number of hydrogen-bond acceptors (Lipinski definition) is 4. The monoisotopic (exact) mass is 395 g/mol. The molecule has 1 N–H and O–H groups in total. The molecule has 1 aliphatic heterocycles. The summed E-state index contributed by atoms with van der Waals surface area (Å²) in [6, 6.07) is 16.4. The van der Waals surface area contributed by atoms with Crippen LogP contribution in [-0.4, -0.2) is 54.5 Å². The molecule has 1 unspecified atom stereocenters. The number of hydrogen-bond donors (Lipinski definition) is 1. The standard InChI is InChI=1S/C23H25NO5/c1-23(2)14-24(11-20(23)28-13-21(25)26)22(27)29-12-19-17-9-5-3-7-15(17)16-8-4-6-10-18(16)19/h3-10,19-20H,11-14H2,1-2H3,(H,25,26). The van der Waals surface area contributed by atoms with E-state index in [-0.39, 0.29) is 36.7 Å². The Kier molecular flexibility index (Phi) is 5.04. The van der Waals surface area contributed by atoms with Crippen molar-refractivity contribution in [3.8, 4) is 11.1 Å². The van der Waals surface area contributed by atoms with E-state index in [9.17, 15) is 9.59 Å². The molecule has 0 radical (unpaired) electrons. The summed E-state index contributed by atoms with van der Waals surface area (Å²) in [7, 11) is 0. The minimum absolute atomic E-state index is 0.0148. The molecule has 4 rings (SSSR count). The second-order valence-electron chi connectivity index (χ2n) is 8.37. The van der Waals surface area contributed by atoms with Gasteiger partial charge < -0.3 is 19.5 Å². The van der Waals surface area contributed by atoms with Crippen molar-refractivity contribution >= 4 is 12.1 Å². The van der Waals surface area contributed by atoms with Gasteiger partial charge in [-0.15, -0.1) is 0 Å². The first-order valence-electron chi connectivity index (χ1n) is 9.80. The summed E-state index contributed by atoms with van der Waals surface area (Å²) in [6.07, 6.45) is -0.722. The lowest BCUT2D eigenvalue weighted by Gasteiger charge is -2.24. The minimum Gasteiger partial charge on any atom is -0.480 e. The van der Waals surface area contributed by atoms with Crippen molar-refractivity contribution in [2.75, 3.05) is 26.3 Å². The van der Waals surface area contributed by atoms with Crippen LogP contribution in [0.5, 0.6) is 0 Å². The fourth-order valence-electron chi connectivity index (χ4n) is 4.38. The minimum atomic E-state index is -1.01. The number of carbonyl (C=O) groups is 2. The van der Waals surface area contributed by atoms with Crippen LogP contribution in [-0.2, 0) is 14.3 Å². The van der Waals surface area contributed by atoms with Crippen molar-refractivity contribution in [1.29, 1.82) is 0 Å². The first-order valence-corrected chi connectivity index (χ1v) is 9.80. The number of likely N-dealkylation sites (tertiary alicyclic amines) is 1. The van der Waals surface area contributed by atoms with Gasteiger partial charge in [-0.1, -0.05) is 62.4 Å². The second kappa shape index (κ2) is 7.52. The summed E-state index contributed by atoms with van der Waals surface area (Å²) < 4.78 is 11.2. The molecule has 152 valence electrons. The third kappa shape index (κ3) is 3.72. The van der Waals surface area contributed by atoms with Gasteiger partial charge in [0.2, 0.25) is 0 Å². The summed E-state index contributed by atoms with van der Waals surface area (Å²) >= 11 is 0. The van der Waals surface area contributed by atoms with Crippen LogP contribution < -0.4 is 0 Å². The number of aliphatic carboxylic acids is 1. The Balaban J connectivity index is 1.43. The fourth-order valence-corrected chi connectivity index (χ4v) is 4.38. The third-order valence-electron chi connectivity index (χ3n) is 5.86. The van der Waals surface area contributed by atoms with Crippen LogP contribution in [0.3, 0.4) is 0 Å². The van der Waals surface area contributed by atoms with E-state index in [1.54, 1.807) is 4.90 Å². The number of nitrogens with zero attached hydrogens (tertiary/aromatic N) is 1. The molecule has 1 saturated heterocycles. The molecule has 1 aliphatic carbocycles. The maximum atomic E-state index is 12.7. The Morgan fingerprint density at radius 2 is 1.66 bits per heavy atom. The molecule has 29 heavy (non-hydrogen) atoms. The van der Waals surface area contributed by atoms with Gasteiger partial charge in [0.25, 0.3) is 0 Å². The zero-order valence-electron chi connectivity index (χ0n) is 16.6. The van der Waals surface area contributed by atoms with Gasteiger partial charge in [0.1, 0.15) is 13.2 Å². The van der Waals surface area contributed by atoms with Gasteiger partial charge in [-0.05, 0) is 22.3 Å². The van der Waals surface area contributed by atoms with Gasteiger partial charge in [-0.2, -0.15) is 0 Å². The van der Waals surface area contributed by atoms with E-state index in [4.69, 9.17) is 14.6 Å². The van der Waals surface area contributed by atoms with Gasteiger partial charge in [0.05, 0.1) is 12.6 Å². The number of benzene rings is 2. The highest BCUT2D eigenvalue weighted by molar-refractivity contribution is 5.79. The predicted molar refractivity (Wildman–Crippen MR) is 108 cm³/mol. The van der Waals surface area contributed by atoms with Crippen LogP contribution in [0.15, 0.2) is 48.5 Å². The van der Waals surface area contributed by atoms with Gasteiger partial charge in [0, 0.05) is 17.9 Å². The topological polar surface area (TPSA) is 76.1 Å². The van der Waals surface area contributed by atoms with E-state index in [1.165, 1.54) is 22.3 Å². The summed E-state index contributed by atoms with van der Waals surface area (Å²) in [5.74, 6) is -0.999. The Morgan fingerprint density at radius 3 is 2.24 bits per heavy atom. The molecular weight excluding hydrogens is 370 g/mol. The molecule has 2 aromatic carbocycles. The van der Waals surface area contributed by atoms with Gasteiger partial charge >= 0.3 is 12.1 Å². The number of ether oxygens (including phenoxy) is 2. The lowest BCUT2D eigenvalue weighted by Crippen LogP contribution is -2.32. The van der Waals surface area contributed by atoms with Crippen molar-refractivity contribution in [2.24, 2.45) is 5.41 Å². The number of carboxylic acid groups (broad SMARTS) is 1. The van der Waals surface area contributed by atoms with Crippen LogP contribution in [0.25, 0.3) is 11.1 Å². The zero-order chi connectivity index (χ0) is 20.6. The smallest absolute Gasteiger partial charge is 0.409 e. The molecule has 6 nitrogen and oxygen atoms in total. The van der Waals surface area contributed by atoms with E-state index in [0.717, 1.165) is 0 Å². The molecule has 2 aliphatic rings. The summed E-state index contributed by atoms with van der Waals surface area (Å²) in [5.41, 5.74) is 4.39. The quantitative estimate of drug-likeness (QED) is 0.835. The summed E-state index contributed by atoms with van der Waals surface area (Å²) in [6.45, 7) is 4.63. The molecule has 1 atom stereocenters. The molecule has 0 aromatic heterocycles. The Hall–Kier alpha value is -2.86. The molecular formula is C23H25NO5. The van der Waals surface area contributed by atoms with Crippen molar-refractivity contribution in [3.05, 3.63) is 59.7 Å². The largest absolute Gasteiger partial charge is 0.480 e. The van der Waals surface area contributed by atoms with Gasteiger partial charge in [0.15, 0.2) is 0 Å². The Labute approximate surface area is 170 Å². The van der Waals surface area contributed by atoms with Gasteiger partial charge in [-0.25, -0.2) is 9.59 Å². The van der Waals surface area contributed by atoms with E-state index < -0.39 is 5.97 Å². The fraction of sp³-hybridized carbons (Fsp3) is 0.391. The Bertz CT molecular complexity index is 893. The second-order valence-corrected chi connectivity index (χ2v) is 8.37. The maximum absolute atomic E-state index is 12.7. The predicted octanol–water partition coefficient (Wildman–Crippen LogP) is 3.75. The number of fused-ring (bicyclic) bond motifs is 3. The van der Waals surface area contributed by atoms with Crippen LogP contribution in [0.2, 0.25) is 0 Å². The van der Waals surface area contributed by atoms with Crippen molar-refractivity contribution in [2.45, 2.75) is 25.9 Å². The van der Waals surface area contributed by atoms with Crippen molar-refractivity contribution in [1.82, 2.24) is 4.90 Å². The molecule has 1 amide bonds. The molecule has 1 fully saturated rings. The van der Waals surface area contributed by atoms with Crippen molar-refractivity contribution < 1.29 is 24.2 Å². The highest BCUT2D eigenvalue weighted by Crippen LogP contribution is 2.44. The van der Waals surface area contributed by atoms with Crippen molar-refractivity contribution in [3.63, 3.8) is 0 Å². The molecule has 0 spiro atoms. The Morgan fingerprint density at radius 1 is 1.07 bits per heavy atom. The summed E-state index contributed by atoms with van der Waals surface area (Å²) in [4.78, 5) is 25.1. The van der Waals surface area contributed by atoms with E-state index >= 15 is 0 Å². The maximum Gasteiger partial charge on any atom is 0.409 e. The first-order chi connectivity index (χ1) is 13.9. The first kappa shape index (κ1) is 19.5. The highest BCUT2D eigenvalue weighted by Gasteiger charge is 2.43. The SMILES string of the molecule is CC1(C)CN(C(=O)OCC2c3ccccc3-c3ccccc32)CC1OCC(=O)O. The molecule has 0 bridgehead atoms. The zero-order valence-corrected chi connectivity index (χ0v) is 16.6.